The first-order chi connectivity index (χ1) is 13.6. The van der Waals surface area contributed by atoms with E-state index >= 15 is 0 Å². The van der Waals surface area contributed by atoms with Crippen molar-refractivity contribution in [3.63, 3.8) is 0 Å². The van der Waals surface area contributed by atoms with Crippen molar-refractivity contribution < 1.29 is 19.0 Å². The summed E-state index contributed by atoms with van der Waals surface area (Å²) in [6, 6.07) is 25.4. The highest BCUT2D eigenvalue weighted by Gasteiger charge is 2.44. The van der Waals surface area contributed by atoms with Crippen molar-refractivity contribution in [2.75, 3.05) is 0 Å². The molecule has 0 aliphatic heterocycles. The molecule has 0 spiro atoms. The lowest BCUT2D eigenvalue weighted by Crippen LogP contribution is -2.66. The second-order valence-corrected chi connectivity index (χ2v) is 6.12. The zero-order valence-electron chi connectivity index (χ0n) is 15.2. The van der Waals surface area contributed by atoms with E-state index in [0.717, 1.165) is 5.56 Å². The van der Waals surface area contributed by atoms with E-state index in [-0.39, 0.29) is 6.61 Å². The number of hydrogen-bond donors (Lipinski definition) is 2. The molecule has 28 heavy (non-hydrogen) atoms. The van der Waals surface area contributed by atoms with Crippen LogP contribution in [0, 0.1) is 0 Å². The maximum atomic E-state index is 12.6. The smallest absolute Gasteiger partial charge is 0.337 e. The van der Waals surface area contributed by atoms with Crippen LogP contribution in [-0.4, -0.2) is 17.9 Å². The van der Waals surface area contributed by atoms with Gasteiger partial charge in [0, 0.05) is 0 Å². The number of benzene rings is 3. The monoisotopic (exact) mass is 378 g/mol. The number of ether oxygens (including phenoxy) is 3. The topological polar surface area (TPSA) is 96.8 Å². The number of para-hydroxylation sites is 2. The van der Waals surface area contributed by atoms with E-state index in [4.69, 9.17) is 25.7 Å². The van der Waals surface area contributed by atoms with E-state index in [0.29, 0.717) is 11.5 Å². The fourth-order valence-corrected chi connectivity index (χ4v) is 2.48. The minimum Gasteiger partial charge on any atom is -0.459 e. The van der Waals surface area contributed by atoms with Crippen molar-refractivity contribution in [1.29, 1.82) is 0 Å². The third-order valence-corrected chi connectivity index (χ3v) is 3.95. The molecule has 0 aromatic heterocycles. The molecule has 0 aliphatic rings. The van der Waals surface area contributed by atoms with E-state index in [2.05, 4.69) is 0 Å². The predicted molar refractivity (Wildman–Crippen MR) is 105 cm³/mol. The van der Waals surface area contributed by atoms with Crippen molar-refractivity contribution in [2.24, 2.45) is 11.5 Å². The Morgan fingerprint density at radius 1 is 0.786 bits per heavy atom. The first-order valence-corrected chi connectivity index (χ1v) is 8.80. The molecule has 4 N–H and O–H groups in total. The zero-order chi connectivity index (χ0) is 19.8. The van der Waals surface area contributed by atoms with Gasteiger partial charge in [-0.15, -0.1) is 0 Å². The summed E-state index contributed by atoms with van der Waals surface area (Å²) in [4.78, 5) is 12.6. The van der Waals surface area contributed by atoms with E-state index < -0.39 is 17.9 Å². The molecule has 3 aromatic carbocycles. The van der Waals surface area contributed by atoms with E-state index in [1.165, 1.54) is 0 Å². The third-order valence-electron chi connectivity index (χ3n) is 3.95. The molecular formula is C22H22N2O4. The molecule has 6 nitrogen and oxygen atoms in total. The lowest BCUT2D eigenvalue weighted by molar-refractivity contribution is -0.171. The summed E-state index contributed by atoms with van der Waals surface area (Å²) >= 11 is 0. The first kappa shape index (κ1) is 19.4. The van der Waals surface area contributed by atoms with Crippen LogP contribution in [0.25, 0.3) is 0 Å². The van der Waals surface area contributed by atoms with E-state index in [9.17, 15) is 4.79 Å². The summed E-state index contributed by atoms with van der Waals surface area (Å²) in [5.41, 5.74) is 13.2. The van der Waals surface area contributed by atoms with Crippen molar-refractivity contribution in [3.05, 3.63) is 96.6 Å². The van der Waals surface area contributed by atoms with Gasteiger partial charge in [-0.05, 0) is 29.8 Å². The van der Waals surface area contributed by atoms with Gasteiger partial charge in [-0.1, -0.05) is 66.7 Å². The fourth-order valence-electron chi connectivity index (χ4n) is 2.48. The summed E-state index contributed by atoms with van der Waals surface area (Å²) in [6.07, 6.45) is 0. The van der Waals surface area contributed by atoms with Crippen LogP contribution in [0.4, 0.5) is 0 Å². The van der Waals surface area contributed by atoms with Crippen molar-refractivity contribution in [1.82, 2.24) is 0 Å². The lowest BCUT2D eigenvalue weighted by Gasteiger charge is -2.33. The van der Waals surface area contributed by atoms with Crippen LogP contribution < -0.4 is 20.9 Å². The molecular weight excluding hydrogens is 356 g/mol. The number of esters is 1. The molecule has 0 fully saturated rings. The van der Waals surface area contributed by atoms with Gasteiger partial charge in [0.05, 0.1) is 0 Å². The Hall–Kier alpha value is -3.35. The summed E-state index contributed by atoms with van der Waals surface area (Å²) in [5, 5.41) is 0. The quantitative estimate of drug-likeness (QED) is 0.462. The molecule has 0 bridgehead atoms. The SMILES string of the molecule is NC(C(=O)OCc1ccccc1)C(N)(Oc1ccccc1)Oc1ccccc1. The molecule has 1 unspecified atom stereocenters. The molecule has 0 heterocycles. The number of hydrogen-bond acceptors (Lipinski definition) is 6. The van der Waals surface area contributed by atoms with E-state index in [1.807, 2.05) is 42.5 Å². The van der Waals surface area contributed by atoms with Crippen molar-refractivity contribution in [3.8, 4) is 11.5 Å². The standard InChI is InChI=1S/C22H22N2O4/c23-20(21(25)26-16-17-10-4-1-5-11-17)22(24,27-18-12-6-2-7-13-18)28-19-14-8-3-9-15-19/h1-15,20H,16,23-24H2. The normalized spacial score (nSPS) is 12.1. The molecule has 1 atom stereocenters. The Bertz CT molecular complexity index is 831. The molecule has 0 amide bonds. The molecule has 0 aliphatic carbocycles. The minimum absolute atomic E-state index is 0.0696. The molecule has 144 valence electrons. The summed E-state index contributed by atoms with van der Waals surface area (Å²) in [7, 11) is 0. The van der Waals surface area contributed by atoms with Crippen LogP contribution in [0.2, 0.25) is 0 Å². The second-order valence-electron chi connectivity index (χ2n) is 6.12. The summed E-state index contributed by atoms with van der Waals surface area (Å²) < 4.78 is 16.8. The molecule has 3 aromatic rings. The highest BCUT2D eigenvalue weighted by atomic mass is 16.7. The van der Waals surface area contributed by atoms with Gasteiger partial charge in [-0.25, -0.2) is 4.79 Å². The number of rotatable bonds is 8. The second kappa shape index (κ2) is 9.03. The Kier molecular flexibility index (Phi) is 6.26. The fraction of sp³-hybridized carbons (Fsp3) is 0.136. The van der Waals surface area contributed by atoms with Gasteiger partial charge in [0.15, 0.2) is 6.04 Å². The van der Waals surface area contributed by atoms with Crippen LogP contribution in [0.5, 0.6) is 11.5 Å². The van der Waals surface area contributed by atoms with Crippen molar-refractivity contribution in [2.45, 2.75) is 18.6 Å². The van der Waals surface area contributed by atoms with Gasteiger partial charge >= 0.3 is 11.9 Å². The van der Waals surface area contributed by atoms with Gasteiger partial charge in [0.2, 0.25) is 0 Å². The van der Waals surface area contributed by atoms with Crippen LogP contribution in [0.1, 0.15) is 5.56 Å². The van der Waals surface area contributed by atoms with Crippen LogP contribution in [0.3, 0.4) is 0 Å². The van der Waals surface area contributed by atoms with Gasteiger partial charge < -0.3 is 19.9 Å². The average Bonchev–Trinajstić information content (AvgIpc) is 2.73. The van der Waals surface area contributed by atoms with Gasteiger partial charge in [-0.2, -0.15) is 0 Å². The van der Waals surface area contributed by atoms with Crippen LogP contribution in [-0.2, 0) is 16.1 Å². The molecule has 0 saturated heterocycles. The molecule has 0 radical (unpaired) electrons. The molecule has 3 rings (SSSR count). The van der Waals surface area contributed by atoms with Crippen LogP contribution >= 0.6 is 0 Å². The van der Waals surface area contributed by atoms with Gasteiger partial charge in [-0.3, -0.25) is 5.73 Å². The number of carbonyl (C=O) groups is 1. The molecule has 0 saturated carbocycles. The number of carbonyl (C=O) groups excluding carboxylic acids is 1. The molecule has 6 heteroatoms. The van der Waals surface area contributed by atoms with Gasteiger partial charge in [0.25, 0.3) is 0 Å². The third kappa shape index (κ3) is 5.09. The van der Waals surface area contributed by atoms with Crippen LogP contribution in [0.15, 0.2) is 91.0 Å². The van der Waals surface area contributed by atoms with Crippen molar-refractivity contribution >= 4 is 5.97 Å². The lowest BCUT2D eigenvalue weighted by atomic mass is 10.2. The maximum Gasteiger partial charge on any atom is 0.337 e. The average molecular weight is 378 g/mol. The predicted octanol–water partition coefficient (Wildman–Crippen LogP) is 2.83. The Morgan fingerprint density at radius 3 is 1.68 bits per heavy atom. The number of nitrogens with two attached hydrogens (primary N) is 2. The highest BCUT2D eigenvalue weighted by Crippen LogP contribution is 2.22. The Morgan fingerprint density at radius 2 is 1.21 bits per heavy atom. The summed E-state index contributed by atoms with van der Waals surface area (Å²) in [6.45, 7) is 0.0696. The Balaban J connectivity index is 1.77. The summed E-state index contributed by atoms with van der Waals surface area (Å²) in [5.74, 6) is -1.88. The zero-order valence-corrected chi connectivity index (χ0v) is 15.2. The largest absolute Gasteiger partial charge is 0.459 e. The van der Waals surface area contributed by atoms with E-state index in [1.54, 1.807) is 48.5 Å². The van der Waals surface area contributed by atoms with Gasteiger partial charge in [0.1, 0.15) is 18.1 Å². The Labute approximate surface area is 163 Å². The first-order valence-electron chi connectivity index (χ1n) is 8.80. The minimum atomic E-state index is -1.96. The maximum absolute atomic E-state index is 12.6. The highest BCUT2D eigenvalue weighted by molar-refractivity contribution is 5.77.